The third-order valence-electron chi connectivity index (χ3n) is 4.97. The lowest BCUT2D eigenvalue weighted by Crippen LogP contribution is -2.36. The first kappa shape index (κ1) is 17.7. The van der Waals surface area contributed by atoms with Crippen LogP contribution < -0.4 is 4.90 Å². The molecule has 0 amide bonds. The lowest BCUT2D eigenvalue weighted by molar-refractivity contribution is 0.122. The zero-order valence-corrected chi connectivity index (χ0v) is 15.4. The standard InChI is InChI=1S/C21H17F2N5O/c22-17-6-1-14(11-18(17)23)21-24-13-20-19(26-21)12-25-28(20)16-4-2-15(3-5-16)27-7-9-29-10-8-27/h1-6,11-13H,7-10H2. The second-order valence-electron chi connectivity index (χ2n) is 6.77. The van der Waals surface area contributed by atoms with E-state index in [1.165, 1.54) is 6.07 Å². The van der Waals surface area contributed by atoms with E-state index in [1.807, 2.05) is 12.1 Å². The molecule has 8 heteroatoms. The molecule has 1 aliphatic rings. The van der Waals surface area contributed by atoms with Crippen LogP contribution in [0.5, 0.6) is 0 Å². The molecule has 146 valence electrons. The first-order valence-corrected chi connectivity index (χ1v) is 9.28. The highest BCUT2D eigenvalue weighted by Crippen LogP contribution is 2.23. The number of fused-ring (bicyclic) bond motifs is 1. The highest BCUT2D eigenvalue weighted by molar-refractivity contribution is 5.77. The Bertz CT molecular complexity index is 1170. The molecule has 1 aliphatic heterocycles. The number of nitrogens with zero attached hydrogens (tertiary/aromatic N) is 5. The molecule has 3 heterocycles. The Morgan fingerprint density at radius 1 is 0.862 bits per heavy atom. The average Bonchev–Trinajstić information content (AvgIpc) is 3.20. The molecule has 0 saturated carbocycles. The molecule has 0 radical (unpaired) electrons. The monoisotopic (exact) mass is 393 g/mol. The number of rotatable bonds is 3. The summed E-state index contributed by atoms with van der Waals surface area (Å²) in [6.07, 6.45) is 3.28. The Labute approximate surface area is 165 Å². The van der Waals surface area contributed by atoms with Gasteiger partial charge in [-0.05, 0) is 42.5 Å². The molecule has 29 heavy (non-hydrogen) atoms. The Kier molecular flexibility index (Phi) is 4.40. The van der Waals surface area contributed by atoms with E-state index in [9.17, 15) is 8.78 Å². The van der Waals surface area contributed by atoms with Crippen molar-refractivity contribution in [2.24, 2.45) is 0 Å². The van der Waals surface area contributed by atoms with Gasteiger partial charge >= 0.3 is 0 Å². The SMILES string of the molecule is Fc1ccc(-c2ncc3c(cnn3-c3ccc(N4CCOCC4)cc3)n2)cc1F. The summed E-state index contributed by atoms with van der Waals surface area (Å²) in [6.45, 7) is 3.24. The van der Waals surface area contributed by atoms with Crippen LogP contribution in [-0.2, 0) is 4.74 Å². The fourth-order valence-corrected chi connectivity index (χ4v) is 3.43. The maximum Gasteiger partial charge on any atom is 0.160 e. The molecule has 0 spiro atoms. The second kappa shape index (κ2) is 7.21. The molecule has 1 saturated heterocycles. The summed E-state index contributed by atoms with van der Waals surface area (Å²) in [4.78, 5) is 11.0. The number of halogens is 2. The van der Waals surface area contributed by atoms with Crippen LogP contribution in [0.25, 0.3) is 28.1 Å². The highest BCUT2D eigenvalue weighted by Gasteiger charge is 2.13. The van der Waals surface area contributed by atoms with E-state index >= 15 is 0 Å². The minimum absolute atomic E-state index is 0.318. The van der Waals surface area contributed by atoms with E-state index < -0.39 is 11.6 Å². The summed E-state index contributed by atoms with van der Waals surface area (Å²) in [5, 5.41) is 4.42. The van der Waals surface area contributed by atoms with Gasteiger partial charge in [-0.25, -0.2) is 23.4 Å². The van der Waals surface area contributed by atoms with Gasteiger partial charge in [0.15, 0.2) is 17.5 Å². The van der Waals surface area contributed by atoms with Crippen molar-refractivity contribution in [3.8, 4) is 17.1 Å². The number of benzene rings is 2. The van der Waals surface area contributed by atoms with E-state index in [0.717, 1.165) is 55.3 Å². The van der Waals surface area contributed by atoms with Gasteiger partial charge in [0.05, 0.1) is 31.3 Å². The number of hydrogen-bond acceptors (Lipinski definition) is 5. The summed E-state index contributed by atoms with van der Waals surface area (Å²) in [5.41, 5.74) is 3.80. The average molecular weight is 393 g/mol. The van der Waals surface area contributed by atoms with Crippen molar-refractivity contribution in [2.75, 3.05) is 31.2 Å². The van der Waals surface area contributed by atoms with Crippen molar-refractivity contribution >= 4 is 16.7 Å². The van der Waals surface area contributed by atoms with Gasteiger partial charge in [-0.3, -0.25) is 0 Å². The van der Waals surface area contributed by atoms with Gasteiger partial charge in [-0.1, -0.05) is 0 Å². The smallest absolute Gasteiger partial charge is 0.160 e. The number of aromatic nitrogens is 4. The van der Waals surface area contributed by atoms with Crippen LogP contribution >= 0.6 is 0 Å². The van der Waals surface area contributed by atoms with E-state index in [2.05, 4.69) is 32.1 Å². The van der Waals surface area contributed by atoms with Gasteiger partial charge in [-0.2, -0.15) is 5.10 Å². The summed E-state index contributed by atoms with van der Waals surface area (Å²) in [5.74, 6) is -1.51. The Morgan fingerprint density at radius 3 is 2.38 bits per heavy atom. The summed E-state index contributed by atoms with van der Waals surface area (Å²) in [6, 6.07) is 11.7. The predicted octanol–water partition coefficient (Wildman–Crippen LogP) is 3.60. The van der Waals surface area contributed by atoms with E-state index in [-0.39, 0.29) is 0 Å². The van der Waals surface area contributed by atoms with Crippen molar-refractivity contribution in [3.63, 3.8) is 0 Å². The number of anilines is 1. The second-order valence-corrected chi connectivity index (χ2v) is 6.77. The van der Waals surface area contributed by atoms with Crippen LogP contribution in [0.2, 0.25) is 0 Å². The maximum atomic E-state index is 13.5. The van der Waals surface area contributed by atoms with Crippen LogP contribution in [-0.4, -0.2) is 46.1 Å². The van der Waals surface area contributed by atoms with Gasteiger partial charge in [0.2, 0.25) is 0 Å². The molecule has 6 nitrogen and oxygen atoms in total. The van der Waals surface area contributed by atoms with Gasteiger partial charge in [0.25, 0.3) is 0 Å². The van der Waals surface area contributed by atoms with E-state index in [0.29, 0.717) is 16.9 Å². The predicted molar refractivity (Wildman–Crippen MR) is 105 cm³/mol. The zero-order chi connectivity index (χ0) is 19.8. The Balaban J connectivity index is 1.46. The van der Waals surface area contributed by atoms with E-state index in [4.69, 9.17) is 4.74 Å². The van der Waals surface area contributed by atoms with Gasteiger partial charge < -0.3 is 9.64 Å². The fraction of sp³-hybridized carbons (Fsp3) is 0.190. The Hall–Kier alpha value is -3.39. The first-order valence-electron chi connectivity index (χ1n) is 9.28. The van der Waals surface area contributed by atoms with Crippen molar-refractivity contribution in [3.05, 3.63) is 66.5 Å². The van der Waals surface area contributed by atoms with Crippen LogP contribution in [0.4, 0.5) is 14.5 Å². The van der Waals surface area contributed by atoms with Crippen molar-refractivity contribution in [1.29, 1.82) is 0 Å². The molecular formula is C21H17F2N5O. The normalized spacial score (nSPS) is 14.5. The fourth-order valence-electron chi connectivity index (χ4n) is 3.43. The summed E-state index contributed by atoms with van der Waals surface area (Å²) >= 11 is 0. The third-order valence-corrected chi connectivity index (χ3v) is 4.97. The molecule has 0 unspecified atom stereocenters. The molecule has 0 bridgehead atoms. The quantitative estimate of drug-likeness (QED) is 0.532. The molecule has 4 aromatic rings. The number of ether oxygens (including phenoxy) is 1. The molecule has 0 atom stereocenters. The molecule has 5 rings (SSSR count). The van der Waals surface area contributed by atoms with Crippen LogP contribution in [0, 0.1) is 11.6 Å². The van der Waals surface area contributed by atoms with Gasteiger partial charge in [-0.15, -0.1) is 0 Å². The molecular weight excluding hydrogens is 376 g/mol. The van der Waals surface area contributed by atoms with Gasteiger partial charge in [0.1, 0.15) is 11.0 Å². The van der Waals surface area contributed by atoms with Crippen LogP contribution in [0.3, 0.4) is 0 Å². The van der Waals surface area contributed by atoms with Gasteiger partial charge in [0, 0.05) is 24.3 Å². The largest absolute Gasteiger partial charge is 0.378 e. The maximum absolute atomic E-state index is 13.5. The van der Waals surface area contributed by atoms with E-state index in [1.54, 1.807) is 17.1 Å². The van der Waals surface area contributed by atoms with Crippen LogP contribution in [0.15, 0.2) is 54.9 Å². The molecule has 2 aromatic carbocycles. The minimum atomic E-state index is -0.928. The molecule has 0 N–H and O–H groups in total. The lowest BCUT2D eigenvalue weighted by atomic mass is 10.2. The number of morpholine rings is 1. The lowest BCUT2D eigenvalue weighted by Gasteiger charge is -2.28. The Morgan fingerprint density at radius 2 is 1.62 bits per heavy atom. The topological polar surface area (TPSA) is 56.1 Å². The molecule has 2 aromatic heterocycles. The van der Waals surface area contributed by atoms with Crippen molar-refractivity contribution < 1.29 is 13.5 Å². The highest BCUT2D eigenvalue weighted by atomic mass is 19.2. The minimum Gasteiger partial charge on any atom is -0.378 e. The van der Waals surface area contributed by atoms with Crippen molar-refractivity contribution in [1.82, 2.24) is 19.7 Å². The van der Waals surface area contributed by atoms with Crippen molar-refractivity contribution in [2.45, 2.75) is 0 Å². The van der Waals surface area contributed by atoms with Crippen LogP contribution in [0.1, 0.15) is 0 Å². The third kappa shape index (κ3) is 3.31. The molecule has 0 aliphatic carbocycles. The summed E-state index contributed by atoms with van der Waals surface area (Å²) < 4.78 is 33.8. The molecule has 1 fully saturated rings. The number of hydrogen-bond donors (Lipinski definition) is 0. The summed E-state index contributed by atoms with van der Waals surface area (Å²) in [7, 11) is 0. The first-order chi connectivity index (χ1) is 14.2. The zero-order valence-electron chi connectivity index (χ0n) is 15.4.